The van der Waals surface area contributed by atoms with Crippen molar-refractivity contribution in [3.63, 3.8) is 0 Å². The lowest BCUT2D eigenvalue weighted by Crippen LogP contribution is -2.37. The first kappa shape index (κ1) is 7.66. The molecule has 0 spiro atoms. The lowest BCUT2D eigenvalue weighted by molar-refractivity contribution is 0.254. The fraction of sp³-hybridized carbons (Fsp3) is 0.667. The zero-order valence-electron chi connectivity index (χ0n) is 5.59. The minimum atomic E-state index is 0.410. The molecule has 2 nitrogen and oxygen atoms in total. The van der Waals surface area contributed by atoms with E-state index in [1.54, 1.807) is 11.1 Å². The van der Waals surface area contributed by atoms with Gasteiger partial charge in [0.15, 0.2) is 0 Å². The Hall–Kier alpha value is -0.340. The van der Waals surface area contributed by atoms with Gasteiger partial charge in [-0.05, 0) is 13.8 Å². The number of nitrogens with two attached hydrogens (primary N) is 1. The van der Waals surface area contributed by atoms with Gasteiger partial charge in [0.05, 0.1) is 0 Å². The predicted octanol–water partition coefficient (Wildman–Crippen LogP) is 0.757. The molecular formula is C6H14N2. The van der Waals surface area contributed by atoms with E-state index < -0.39 is 0 Å². The van der Waals surface area contributed by atoms with Crippen molar-refractivity contribution >= 4 is 0 Å². The zero-order valence-corrected chi connectivity index (χ0v) is 5.59. The van der Waals surface area contributed by atoms with Crippen molar-refractivity contribution in [2.24, 2.45) is 5.84 Å². The highest BCUT2D eigenvalue weighted by molar-refractivity contribution is 4.71. The quantitative estimate of drug-likeness (QED) is 0.333. The summed E-state index contributed by atoms with van der Waals surface area (Å²) in [5.41, 5.74) is 0. The molecule has 0 aromatic heterocycles. The van der Waals surface area contributed by atoms with Crippen LogP contribution < -0.4 is 5.84 Å². The fourth-order valence-corrected chi connectivity index (χ4v) is 0.360. The van der Waals surface area contributed by atoms with Gasteiger partial charge in [-0.3, -0.25) is 5.84 Å². The number of hydrogen-bond donors (Lipinski definition) is 1. The number of hydrogen-bond acceptors (Lipinski definition) is 2. The van der Waals surface area contributed by atoms with Crippen LogP contribution in [0.1, 0.15) is 13.8 Å². The number of hydrazine groups is 1. The van der Waals surface area contributed by atoms with Crippen LogP contribution in [0.4, 0.5) is 0 Å². The molecular weight excluding hydrogens is 100 g/mol. The van der Waals surface area contributed by atoms with Gasteiger partial charge >= 0.3 is 0 Å². The Morgan fingerprint density at radius 3 is 2.38 bits per heavy atom. The van der Waals surface area contributed by atoms with Crippen LogP contribution in [0.2, 0.25) is 0 Å². The van der Waals surface area contributed by atoms with Gasteiger partial charge in [0, 0.05) is 12.6 Å². The van der Waals surface area contributed by atoms with Crippen LogP contribution in [-0.2, 0) is 0 Å². The first-order valence-corrected chi connectivity index (χ1v) is 2.80. The van der Waals surface area contributed by atoms with Crippen LogP contribution in [0, 0.1) is 0 Å². The maximum absolute atomic E-state index is 5.49. The third-order valence-electron chi connectivity index (χ3n) is 1.00. The molecule has 0 bridgehead atoms. The largest absolute Gasteiger partial charge is 0.268 e. The summed E-state index contributed by atoms with van der Waals surface area (Å²) in [5.74, 6) is 5.49. The molecule has 0 rings (SSSR count). The zero-order chi connectivity index (χ0) is 6.57. The Kier molecular flexibility index (Phi) is 3.48. The van der Waals surface area contributed by atoms with Crippen LogP contribution in [-0.4, -0.2) is 17.6 Å². The molecule has 0 aliphatic rings. The monoisotopic (exact) mass is 114 g/mol. The molecule has 0 unspecified atom stereocenters. The molecule has 8 heavy (non-hydrogen) atoms. The highest BCUT2D eigenvalue weighted by Gasteiger charge is 1.97. The molecule has 2 heteroatoms. The van der Waals surface area contributed by atoms with Crippen LogP contribution in [0.3, 0.4) is 0 Å². The molecule has 0 saturated heterocycles. The van der Waals surface area contributed by atoms with E-state index in [1.165, 1.54) is 0 Å². The second-order valence-corrected chi connectivity index (χ2v) is 2.08. The van der Waals surface area contributed by atoms with Gasteiger partial charge in [0.1, 0.15) is 0 Å². The second-order valence-electron chi connectivity index (χ2n) is 2.08. The standard InChI is InChI=1S/C6H14N2/c1-4-5-8(7)6(2)3/h4,6H,1,5,7H2,2-3H3. The van der Waals surface area contributed by atoms with Crippen LogP contribution >= 0.6 is 0 Å². The molecule has 0 atom stereocenters. The Morgan fingerprint density at radius 1 is 1.75 bits per heavy atom. The number of rotatable bonds is 3. The minimum absolute atomic E-state index is 0.410. The first-order valence-electron chi connectivity index (χ1n) is 2.80. The van der Waals surface area contributed by atoms with Gasteiger partial charge < -0.3 is 0 Å². The summed E-state index contributed by atoms with van der Waals surface area (Å²) in [6, 6.07) is 0.410. The molecule has 0 aromatic carbocycles. The topological polar surface area (TPSA) is 29.3 Å². The van der Waals surface area contributed by atoms with Crippen molar-refractivity contribution in [3.05, 3.63) is 12.7 Å². The van der Waals surface area contributed by atoms with Crippen molar-refractivity contribution < 1.29 is 0 Å². The van der Waals surface area contributed by atoms with Crippen molar-refractivity contribution in [1.29, 1.82) is 0 Å². The summed E-state index contributed by atoms with van der Waals surface area (Å²) in [6.45, 7) is 8.41. The van der Waals surface area contributed by atoms with Crippen molar-refractivity contribution in [3.8, 4) is 0 Å². The summed E-state index contributed by atoms with van der Waals surface area (Å²) < 4.78 is 0. The summed E-state index contributed by atoms with van der Waals surface area (Å²) in [5, 5.41) is 1.73. The maximum atomic E-state index is 5.49. The lowest BCUT2D eigenvalue weighted by atomic mass is 10.4. The van der Waals surface area contributed by atoms with Gasteiger partial charge in [-0.15, -0.1) is 6.58 Å². The average Bonchev–Trinajstić information content (AvgIpc) is 1.67. The molecule has 0 aliphatic heterocycles. The van der Waals surface area contributed by atoms with Gasteiger partial charge in [0.25, 0.3) is 0 Å². The normalized spacial score (nSPS) is 10.6. The molecule has 2 N–H and O–H groups in total. The Labute approximate surface area is 50.9 Å². The fourth-order valence-electron chi connectivity index (χ4n) is 0.360. The Bertz CT molecular complexity index is 68.9. The van der Waals surface area contributed by atoms with E-state index in [0.717, 1.165) is 6.54 Å². The van der Waals surface area contributed by atoms with Gasteiger partial charge in [0.2, 0.25) is 0 Å². The molecule has 0 amide bonds. The van der Waals surface area contributed by atoms with Crippen LogP contribution in [0.15, 0.2) is 12.7 Å². The molecule has 0 radical (unpaired) electrons. The third-order valence-corrected chi connectivity index (χ3v) is 1.00. The highest BCUT2D eigenvalue weighted by atomic mass is 15.4. The summed E-state index contributed by atoms with van der Waals surface area (Å²) in [7, 11) is 0. The predicted molar refractivity (Wildman–Crippen MR) is 36.2 cm³/mol. The molecule has 0 saturated carbocycles. The minimum Gasteiger partial charge on any atom is -0.268 e. The van der Waals surface area contributed by atoms with Crippen molar-refractivity contribution in [1.82, 2.24) is 5.01 Å². The van der Waals surface area contributed by atoms with Crippen LogP contribution in [0.25, 0.3) is 0 Å². The highest BCUT2D eigenvalue weighted by Crippen LogP contribution is 1.87. The molecule has 0 heterocycles. The first-order chi connectivity index (χ1) is 3.68. The second kappa shape index (κ2) is 3.64. The summed E-state index contributed by atoms with van der Waals surface area (Å²) >= 11 is 0. The van der Waals surface area contributed by atoms with Gasteiger partial charge in [-0.1, -0.05) is 6.08 Å². The SMILES string of the molecule is C=CCN(N)C(C)C. The maximum Gasteiger partial charge on any atom is 0.0309 e. The molecule has 0 aromatic rings. The van der Waals surface area contributed by atoms with E-state index in [0.29, 0.717) is 6.04 Å². The molecule has 0 aliphatic carbocycles. The molecule has 48 valence electrons. The van der Waals surface area contributed by atoms with E-state index in [4.69, 9.17) is 5.84 Å². The van der Waals surface area contributed by atoms with E-state index in [2.05, 4.69) is 6.58 Å². The van der Waals surface area contributed by atoms with Crippen molar-refractivity contribution in [2.45, 2.75) is 19.9 Å². The van der Waals surface area contributed by atoms with Gasteiger partial charge in [-0.2, -0.15) is 0 Å². The van der Waals surface area contributed by atoms with E-state index in [1.807, 2.05) is 13.8 Å². The third kappa shape index (κ3) is 2.77. The Balaban J connectivity index is 3.30. The van der Waals surface area contributed by atoms with Crippen molar-refractivity contribution in [2.75, 3.05) is 6.54 Å². The summed E-state index contributed by atoms with van der Waals surface area (Å²) in [4.78, 5) is 0. The van der Waals surface area contributed by atoms with E-state index >= 15 is 0 Å². The van der Waals surface area contributed by atoms with Gasteiger partial charge in [-0.25, -0.2) is 5.01 Å². The lowest BCUT2D eigenvalue weighted by Gasteiger charge is -2.17. The average molecular weight is 114 g/mol. The Morgan fingerprint density at radius 2 is 2.25 bits per heavy atom. The number of nitrogens with zero attached hydrogens (tertiary/aromatic N) is 1. The van der Waals surface area contributed by atoms with Crippen LogP contribution in [0.5, 0.6) is 0 Å². The molecule has 0 fully saturated rings. The van der Waals surface area contributed by atoms with E-state index in [9.17, 15) is 0 Å². The van der Waals surface area contributed by atoms with E-state index in [-0.39, 0.29) is 0 Å². The summed E-state index contributed by atoms with van der Waals surface area (Å²) in [6.07, 6.45) is 1.79. The smallest absolute Gasteiger partial charge is 0.0309 e.